The van der Waals surface area contributed by atoms with Gasteiger partial charge in [0.1, 0.15) is 0 Å². The molecule has 78 valence electrons. The van der Waals surface area contributed by atoms with Crippen LogP contribution in [-0.2, 0) is 5.54 Å². The van der Waals surface area contributed by atoms with Crippen LogP contribution in [0.2, 0.25) is 0 Å². The van der Waals surface area contributed by atoms with E-state index in [0.717, 1.165) is 6.54 Å². The van der Waals surface area contributed by atoms with Crippen LogP contribution >= 0.6 is 0 Å². The lowest BCUT2D eigenvalue weighted by Gasteiger charge is -2.28. The molecule has 0 aliphatic carbocycles. The average molecular weight is 191 g/mol. The molecule has 1 aromatic carbocycles. The Labute approximate surface area is 87.5 Å². The standard InChI is InChI=1S/C13H21N/c1-11(2)10-14-13(3,4)12-8-6-5-7-9-12/h5-9,11,14H,10H2,1-4H3. The second-order valence-corrected chi connectivity index (χ2v) is 4.77. The molecule has 0 bridgehead atoms. The molecule has 0 heterocycles. The first kappa shape index (κ1) is 11.3. The molecule has 1 N–H and O–H groups in total. The fourth-order valence-electron chi connectivity index (χ4n) is 1.42. The highest BCUT2D eigenvalue weighted by molar-refractivity contribution is 5.22. The molecule has 1 aromatic rings. The van der Waals surface area contributed by atoms with Gasteiger partial charge in [0.05, 0.1) is 0 Å². The molecule has 0 aliphatic heterocycles. The Balaban J connectivity index is 2.66. The fraction of sp³-hybridized carbons (Fsp3) is 0.538. The summed E-state index contributed by atoms with van der Waals surface area (Å²) in [5.74, 6) is 0.693. The summed E-state index contributed by atoms with van der Waals surface area (Å²) in [6.45, 7) is 9.97. The number of hydrogen-bond acceptors (Lipinski definition) is 1. The monoisotopic (exact) mass is 191 g/mol. The molecule has 1 heteroatoms. The second-order valence-electron chi connectivity index (χ2n) is 4.77. The predicted molar refractivity (Wildman–Crippen MR) is 62.3 cm³/mol. The summed E-state index contributed by atoms with van der Waals surface area (Å²) in [5, 5.41) is 3.57. The van der Waals surface area contributed by atoms with E-state index in [1.807, 2.05) is 0 Å². The minimum atomic E-state index is 0.0749. The quantitative estimate of drug-likeness (QED) is 0.771. The van der Waals surface area contributed by atoms with Crippen LogP contribution in [0.3, 0.4) is 0 Å². The van der Waals surface area contributed by atoms with E-state index >= 15 is 0 Å². The second kappa shape index (κ2) is 4.61. The summed E-state index contributed by atoms with van der Waals surface area (Å²) < 4.78 is 0. The van der Waals surface area contributed by atoms with Crippen LogP contribution in [0.25, 0.3) is 0 Å². The molecule has 0 fully saturated rings. The van der Waals surface area contributed by atoms with Gasteiger partial charge in [-0.15, -0.1) is 0 Å². The summed E-state index contributed by atoms with van der Waals surface area (Å²) in [7, 11) is 0. The van der Waals surface area contributed by atoms with E-state index < -0.39 is 0 Å². The van der Waals surface area contributed by atoms with Crippen LogP contribution in [0.15, 0.2) is 30.3 Å². The normalized spacial score (nSPS) is 12.1. The van der Waals surface area contributed by atoms with E-state index in [1.54, 1.807) is 0 Å². The number of rotatable bonds is 4. The highest BCUT2D eigenvalue weighted by atomic mass is 15.0. The molecule has 0 spiro atoms. The van der Waals surface area contributed by atoms with Gasteiger partial charge in [-0.2, -0.15) is 0 Å². The Kier molecular flexibility index (Phi) is 3.70. The lowest BCUT2D eigenvalue weighted by molar-refractivity contribution is 0.374. The molecule has 14 heavy (non-hydrogen) atoms. The van der Waals surface area contributed by atoms with Crippen LogP contribution in [0.5, 0.6) is 0 Å². The zero-order valence-corrected chi connectivity index (χ0v) is 9.67. The van der Waals surface area contributed by atoms with Gasteiger partial charge in [0, 0.05) is 5.54 Å². The lowest BCUT2D eigenvalue weighted by atomic mass is 9.94. The maximum absolute atomic E-state index is 3.57. The van der Waals surface area contributed by atoms with E-state index in [2.05, 4.69) is 63.3 Å². The predicted octanol–water partition coefficient (Wildman–Crippen LogP) is 3.17. The average Bonchev–Trinajstić information content (AvgIpc) is 2.16. The minimum Gasteiger partial charge on any atom is -0.308 e. The third-order valence-corrected chi connectivity index (χ3v) is 2.45. The Bertz CT molecular complexity index is 262. The number of nitrogens with one attached hydrogen (secondary N) is 1. The van der Waals surface area contributed by atoms with E-state index in [9.17, 15) is 0 Å². The number of benzene rings is 1. The van der Waals surface area contributed by atoms with Crippen molar-refractivity contribution in [1.29, 1.82) is 0 Å². The van der Waals surface area contributed by atoms with Gasteiger partial charge < -0.3 is 5.32 Å². The fourth-order valence-corrected chi connectivity index (χ4v) is 1.42. The van der Waals surface area contributed by atoms with Crippen LogP contribution in [0.1, 0.15) is 33.3 Å². The van der Waals surface area contributed by atoms with Crippen molar-refractivity contribution >= 4 is 0 Å². The van der Waals surface area contributed by atoms with Gasteiger partial charge in [-0.1, -0.05) is 44.2 Å². The van der Waals surface area contributed by atoms with Crippen molar-refractivity contribution < 1.29 is 0 Å². The van der Waals surface area contributed by atoms with Crippen LogP contribution < -0.4 is 5.32 Å². The van der Waals surface area contributed by atoms with Crippen molar-refractivity contribution in [3.8, 4) is 0 Å². The number of hydrogen-bond donors (Lipinski definition) is 1. The zero-order valence-electron chi connectivity index (χ0n) is 9.67. The first-order valence-electron chi connectivity index (χ1n) is 5.33. The maximum atomic E-state index is 3.57. The van der Waals surface area contributed by atoms with E-state index in [1.165, 1.54) is 5.56 Å². The first-order valence-corrected chi connectivity index (χ1v) is 5.33. The molecular weight excluding hydrogens is 170 g/mol. The maximum Gasteiger partial charge on any atom is 0.0377 e. The third kappa shape index (κ3) is 3.15. The molecule has 0 unspecified atom stereocenters. The van der Waals surface area contributed by atoms with Gasteiger partial charge in [-0.05, 0) is 31.9 Å². The zero-order chi connectivity index (χ0) is 10.6. The van der Waals surface area contributed by atoms with E-state index in [4.69, 9.17) is 0 Å². The van der Waals surface area contributed by atoms with Gasteiger partial charge in [-0.25, -0.2) is 0 Å². The molecule has 0 aliphatic rings. The molecule has 0 amide bonds. The summed E-state index contributed by atoms with van der Waals surface area (Å²) in [4.78, 5) is 0. The molecule has 0 saturated carbocycles. The molecule has 0 atom stereocenters. The van der Waals surface area contributed by atoms with Crippen LogP contribution in [-0.4, -0.2) is 6.54 Å². The Morgan fingerprint density at radius 3 is 2.21 bits per heavy atom. The Morgan fingerprint density at radius 1 is 1.14 bits per heavy atom. The van der Waals surface area contributed by atoms with Crippen molar-refractivity contribution in [3.05, 3.63) is 35.9 Å². The van der Waals surface area contributed by atoms with E-state index in [0.29, 0.717) is 5.92 Å². The van der Waals surface area contributed by atoms with Gasteiger partial charge in [-0.3, -0.25) is 0 Å². The Hall–Kier alpha value is -0.820. The van der Waals surface area contributed by atoms with E-state index in [-0.39, 0.29) is 5.54 Å². The molecule has 0 radical (unpaired) electrons. The molecule has 1 nitrogen and oxygen atoms in total. The largest absolute Gasteiger partial charge is 0.308 e. The van der Waals surface area contributed by atoms with Gasteiger partial charge >= 0.3 is 0 Å². The SMILES string of the molecule is CC(C)CNC(C)(C)c1ccccc1. The minimum absolute atomic E-state index is 0.0749. The van der Waals surface area contributed by atoms with Crippen molar-refractivity contribution in [2.75, 3.05) is 6.54 Å². The van der Waals surface area contributed by atoms with Gasteiger partial charge in [0.2, 0.25) is 0 Å². The van der Waals surface area contributed by atoms with Crippen LogP contribution in [0.4, 0.5) is 0 Å². The molecular formula is C13H21N. The summed E-state index contributed by atoms with van der Waals surface area (Å²) >= 11 is 0. The lowest BCUT2D eigenvalue weighted by Crippen LogP contribution is -2.38. The summed E-state index contributed by atoms with van der Waals surface area (Å²) in [6, 6.07) is 10.6. The van der Waals surface area contributed by atoms with Crippen molar-refractivity contribution in [2.24, 2.45) is 5.92 Å². The summed E-state index contributed by atoms with van der Waals surface area (Å²) in [5.41, 5.74) is 1.42. The molecule has 0 aromatic heterocycles. The first-order chi connectivity index (χ1) is 6.52. The third-order valence-electron chi connectivity index (χ3n) is 2.45. The highest BCUT2D eigenvalue weighted by Gasteiger charge is 2.18. The topological polar surface area (TPSA) is 12.0 Å². The summed E-state index contributed by atoms with van der Waals surface area (Å²) in [6.07, 6.45) is 0. The van der Waals surface area contributed by atoms with Gasteiger partial charge in [0.25, 0.3) is 0 Å². The molecule has 0 saturated heterocycles. The van der Waals surface area contributed by atoms with Crippen LogP contribution in [0, 0.1) is 5.92 Å². The highest BCUT2D eigenvalue weighted by Crippen LogP contribution is 2.19. The van der Waals surface area contributed by atoms with Crippen molar-refractivity contribution in [3.63, 3.8) is 0 Å². The smallest absolute Gasteiger partial charge is 0.0377 e. The van der Waals surface area contributed by atoms with Crippen molar-refractivity contribution in [1.82, 2.24) is 5.32 Å². The molecule has 1 rings (SSSR count). The van der Waals surface area contributed by atoms with Crippen molar-refractivity contribution in [2.45, 2.75) is 33.2 Å². The Morgan fingerprint density at radius 2 is 1.71 bits per heavy atom. The van der Waals surface area contributed by atoms with Gasteiger partial charge in [0.15, 0.2) is 0 Å².